The van der Waals surface area contributed by atoms with Crippen molar-refractivity contribution in [3.8, 4) is 5.69 Å². The second kappa shape index (κ2) is 6.80. The van der Waals surface area contributed by atoms with Crippen molar-refractivity contribution in [1.82, 2.24) is 19.7 Å². The van der Waals surface area contributed by atoms with Gasteiger partial charge in [-0.2, -0.15) is 5.10 Å². The molecule has 1 aliphatic rings. The Morgan fingerprint density at radius 1 is 1.07 bits per heavy atom. The zero-order chi connectivity index (χ0) is 19.1. The van der Waals surface area contributed by atoms with Gasteiger partial charge in [0.15, 0.2) is 5.65 Å². The number of para-hydroxylation sites is 1. The standard InChI is InChI=1S/C22H26N4O/c1-14-10-15(2)13-25(12-14)22(27)19-11-16(3)23-21-20(19)17(4)24-26(21)18-8-6-5-7-9-18/h5-9,11,14-15H,10,12-13H2,1-4H3/t14-,15-/m1/s1. The molecule has 1 amide bonds. The number of fused-ring (bicyclic) bond motifs is 1. The largest absolute Gasteiger partial charge is 0.338 e. The van der Waals surface area contributed by atoms with E-state index in [2.05, 4.69) is 13.8 Å². The van der Waals surface area contributed by atoms with Crippen LogP contribution in [0.3, 0.4) is 0 Å². The second-order valence-electron chi connectivity index (χ2n) is 8.00. The Hall–Kier alpha value is -2.69. The summed E-state index contributed by atoms with van der Waals surface area (Å²) in [6, 6.07) is 11.9. The lowest BCUT2D eigenvalue weighted by Crippen LogP contribution is -2.42. The Kier molecular flexibility index (Phi) is 4.46. The molecule has 0 saturated carbocycles. The number of piperidine rings is 1. The van der Waals surface area contributed by atoms with Crippen LogP contribution < -0.4 is 0 Å². The number of rotatable bonds is 2. The van der Waals surface area contributed by atoms with E-state index >= 15 is 0 Å². The highest BCUT2D eigenvalue weighted by molar-refractivity contribution is 6.06. The molecule has 3 aromatic rings. The van der Waals surface area contributed by atoms with Crippen molar-refractivity contribution in [1.29, 1.82) is 0 Å². The molecule has 0 radical (unpaired) electrons. The van der Waals surface area contributed by atoms with Crippen LogP contribution in [0.5, 0.6) is 0 Å². The van der Waals surface area contributed by atoms with E-state index < -0.39 is 0 Å². The van der Waals surface area contributed by atoms with E-state index in [9.17, 15) is 4.79 Å². The fourth-order valence-electron chi connectivity index (χ4n) is 4.33. The first-order valence-corrected chi connectivity index (χ1v) is 9.65. The molecule has 140 valence electrons. The van der Waals surface area contributed by atoms with E-state index in [1.165, 1.54) is 6.42 Å². The third-order valence-corrected chi connectivity index (χ3v) is 5.33. The van der Waals surface area contributed by atoms with E-state index in [1.54, 1.807) is 0 Å². The molecule has 2 aromatic heterocycles. The molecule has 0 unspecified atom stereocenters. The van der Waals surface area contributed by atoms with Gasteiger partial charge >= 0.3 is 0 Å². The average Bonchev–Trinajstić information content (AvgIpc) is 2.97. The molecule has 0 aliphatic carbocycles. The van der Waals surface area contributed by atoms with Crippen molar-refractivity contribution in [2.75, 3.05) is 13.1 Å². The normalized spacial score (nSPS) is 20.2. The summed E-state index contributed by atoms with van der Waals surface area (Å²) in [5, 5.41) is 5.56. The average molecular weight is 362 g/mol. The zero-order valence-corrected chi connectivity index (χ0v) is 16.4. The van der Waals surface area contributed by atoms with Crippen molar-refractivity contribution < 1.29 is 4.79 Å². The quantitative estimate of drug-likeness (QED) is 0.688. The van der Waals surface area contributed by atoms with Crippen LogP contribution in [0.15, 0.2) is 36.4 Å². The van der Waals surface area contributed by atoms with E-state index in [0.29, 0.717) is 11.8 Å². The number of amides is 1. The molecule has 1 aliphatic heterocycles. The van der Waals surface area contributed by atoms with Crippen LogP contribution in [-0.2, 0) is 0 Å². The summed E-state index contributed by atoms with van der Waals surface area (Å²) in [6.45, 7) is 9.98. The fraction of sp³-hybridized carbons (Fsp3) is 0.409. The van der Waals surface area contributed by atoms with Crippen molar-refractivity contribution in [3.05, 3.63) is 53.3 Å². The Bertz CT molecular complexity index is 982. The van der Waals surface area contributed by atoms with E-state index in [4.69, 9.17) is 10.1 Å². The number of aryl methyl sites for hydroxylation is 2. The Morgan fingerprint density at radius 3 is 2.41 bits per heavy atom. The maximum atomic E-state index is 13.4. The molecule has 4 rings (SSSR count). The number of hydrogen-bond donors (Lipinski definition) is 0. The van der Waals surface area contributed by atoms with Crippen LogP contribution in [0, 0.1) is 25.7 Å². The van der Waals surface area contributed by atoms with Crippen LogP contribution in [-0.4, -0.2) is 38.7 Å². The Labute approximate surface area is 160 Å². The maximum Gasteiger partial charge on any atom is 0.254 e. The topological polar surface area (TPSA) is 51.0 Å². The number of pyridine rings is 1. The summed E-state index contributed by atoms with van der Waals surface area (Å²) < 4.78 is 1.84. The first-order valence-electron chi connectivity index (χ1n) is 9.65. The van der Waals surface area contributed by atoms with E-state index in [1.807, 2.05) is 59.8 Å². The molecule has 27 heavy (non-hydrogen) atoms. The van der Waals surface area contributed by atoms with Gasteiger partial charge in [0.05, 0.1) is 22.3 Å². The predicted octanol–water partition coefficient (Wildman–Crippen LogP) is 4.16. The van der Waals surface area contributed by atoms with Crippen molar-refractivity contribution in [2.24, 2.45) is 11.8 Å². The van der Waals surface area contributed by atoms with Crippen LogP contribution in [0.25, 0.3) is 16.7 Å². The fourth-order valence-corrected chi connectivity index (χ4v) is 4.33. The van der Waals surface area contributed by atoms with Gasteiger partial charge in [0.2, 0.25) is 0 Å². The number of likely N-dealkylation sites (tertiary alicyclic amines) is 1. The summed E-state index contributed by atoms with van der Waals surface area (Å²) >= 11 is 0. The highest BCUT2D eigenvalue weighted by Gasteiger charge is 2.28. The number of nitrogens with zero attached hydrogens (tertiary/aromatic N) is 4. The smallest absolute Gasteiger partial charge is 0.254 e. The number of carbonyl (C=O) groups excluding carboxylic acids is 1. The SMILES string of the molecule is Cc1cc(C(=O)N2C[C@H](C)C[C@@H](C)C2)c2c(C)nn(-c3ccccc3)c2n1. The van der Waals surface area contributed by atoms with E-state index in [0.717, 1.165) is 46.8 Å². The Balaban J connectivity index is 1.84. The molecule has 1 aromatic carbocycles. The highest BCUT2D eigenvalue weighted by Crippen LogP contribution is 2.28. The number of aromatic nitrogens is 3. The van der Waals surface area contributed by atoms with Crippen molar-refractivity contribution in [2.45, 2.75) is 34.1 Å². The maximum absolute atomic E-state index is 13.4. The second-order valence-corrected chi connectivity index (χ2v) is 8.00. The minimum Gasteiger partial charge on any atom is -0.338 e. The number of carbonyl (C=O) groups is 1. The lowest BCUT2D eigenvalue weighted by Gasteiger charge is -2.35. The summed E-state index contributed by atoms with van der Waals surface area (Å²) in [5.41, 5.74) is 4.09. The molecule has 0 N–H and O–H groups in total. The molecule has 1 saturated heterocycles. The summed E-state index contributed by atoms with van der Waals surface area (Å²) in [7, 11) is 0. The zero-order valence-electron chi connectivity index (χ0n) is 16.4. The summed E-state index contributed by atoms with van der Waals surface area (Å²) in [5.74, 6) is 1.16. The molecule has 0 spiro atoms. The first kappa shape index (κ1) is 17.7. The summed E-state index contributed by atoms with van der Waals surface area (Å²) in [6.07, 6.45) is 1.18. The van der Waals surface area contributed by atoms with Gasteiger partial charge in [-0.15, -0.1) is 0 Å². The Morgan fingerprint density at radius 2 is 1.74 bits per heavy atom. The lowest BCUT2D eigenvalue weighted by atomic mass is 9.91. The van der Waals surface area contributed by atoms with Gasteiger partial charge in [-0.05, 0) is 50.3 Å². The minimum absolute atomic E-state index is 0.0969. The van der Waals surface area contributed by atoms with Gasteiger partial charge in [0.1, 0.15) is 0 Å². The molecular formula is C22H26N4O. The van der Waals surface area contributed by atoms with Gasteiger partial charge in [0.25, 0.3) is 5.91 Å². The monoisotopic (exact) mass is 362 g/mol. The lowest BCUT2D eigenvalue weighted by molar-refractivity contribution is 0.0625. The van der Waals surface area contributed by atoms with Crippen LogP contribution >= 0.6 is 0 Å². The highest BCUT2D eigenvalue weighted by atomic mass is 16.2. The number of benzene rings is 1. The van der Waals surface area contributed by atoms with Crippen LogP contribution in [0.1, 0.15) is 42.0 Å². The third-order valence-electron chi connectivity index (χ3n) is 5.33. The molecule has 1 fully saturated rings. The van der Waals surface area contributed by atoms with Gasteiger partial charge in [0, 0.05) is 18.8 Å². The summed E-state index contributed by atoms with van der Waals surface area (Å²) in [4.78, 5) is 20.1. The first-order chi connectivity index (χ1) is 12.9. The van der Waals surface area contributed by atoms with Gasteiger partial charge in [-0.3, -0.25) is 4.79 Å². The molecular weight excluding hydrogens is 336 g/mol. The third kappa shape index (κ3) is 3.22. The van der Waals surface area contributed by atoms with E-state index in [-0.39, 0.29) is 5.91 Å². The molecule has 5 heteroatoms. The molecule has 2 atom stereocenters. The van der Waals surface area contributed by atoms with Crippen molar-refractivity contribution in [3.63, 3.8) is 0 Å². The molecule has 3 heterocycles. The minimum atomic E-state index is 0.0969. The number of hydrogen-bond acceptors (Lipinski definition) is 3. The van der Waals surface area contributed by atoms with Gasteiger partial charge in [-0.1, -0.05) is 32.0 Å². The van der Waals surface area contributed by atoms with Crippen LogP contribution in [0.2, 0.25) is 0 Å². The van der Waals surface area contributed by atoms with Crippen molar-refractivity contribution >= 4 is 16.9 Å². The van der Waals surface area contributed by atoms with Gasteiger partial charge in [-0.25, -0.2) is 9.67 Å². The molecule has 0 bridgehead atoms. The van der Waals surface area contributed by atoms with Gasteiger partial charge < -0.3 is 4.90 Å². The van der Waals surface area contributed by atoms with Crippen LogP contribution in [0.4, 0.5) is 0 Å². The predicted molar refractivity (Wildman–Crippen MR) is 107 cm³/mol. The molecule has 5 nitrogen and oxygen atoms in total.